The van der Waals surface area contributed by atoms with Crippen molar-refractivity contribution in [3.05, 3.63) is 0 Å². The number of nitrogens with zero attached hydrogens (tertiary/aromatic N) is 2. The lowest BCUT2D eigenvalue weighted by Gasteiger charge is -2.20. The second-order valence-corrected chi connectivity index (χ2v) is 5.92. The maximum absolute atomic E-state index is 12.0. The van der Waals surface area contributed by atoms with E-state index in [9.17, 15) is 4.79 Å². The van der Waals surface area contributed by atoms with E-state index in [1.807, 2.05) is 4.90 Å². The molecule has 0 radical (unpaired) electrons. The van der Waals surface area contributed by atoms with E-state index in [4.69, 9.17) is 0 Å². The van der Waals surface area contributed by atoms with Gasteiger partial charge in [0.1, 0.15) is 0 Å². The number of amides is 1. The quantitative estimate of drug-likeness (QED) is 0.728. The zero-order valence-corrected chi connectivity index (χ0v) is 11.8. The highest BCUT2D eigenvalue weighted by atomic mass is 16.2. The summed E-state index contributed by atoms with van der Waals surface area (Å²) in [6.45, 7) is 7.86. The second-order valence-electron chi connectivity index (χ2n) is 5.92. The van der Waals surface area contributed by atoms with Crippen molar-refractivity contribution in [3.8, 4) is 0 Å². The molecular formula is C14H27N3O. The van der Waals surface area contributed by atoms with E-state index in [1.165, 1.54) is 19.3 Å². The van der Waals surface area contributed by atoms with Gasteiger partial charge in [-0.25, -0.2) is 0 Å². The van der Waals surface area contributed by atoms with Gasteiger partial charge in [0.2, 0.25) is 5.91 Å². The first-order valence-corrected chi connectivity index (χ1v) is 7.36. The summed E-state index contributed by atoms with van der Waals surface area (Å²) in [5, 5.41) is 3.29. The number of carbonyl (C=O) groups is 1. The van der Waals surface area contributed by atoms with Crippen LogP contribution < -0.4 is 5.32 Å². The van der Waals surface area contributed by atoms with Crippen molar-refractivity contribution in [1.82, 2.24) is 15.1 Å². The molecule has 1 saturated carbocycles. The van der Waals surface area contributed by atoms with Crippen molar-refractivity contribution in [3.63, 3.8) is 0 Å². The molecule has 0 spiro atoms. The molecule has 0 aromatic rings. The van der Waals surface area contributed by atoms with Crippen molar-refractivity contribution in [2.75, 3.05) is 46.3 Å². The van der Waals surface area contributed by atoms with Crippen molar-refractivity contribution >= 4 is 5.91 Å². The second kappa shape index (κ2) is 6.53. The number of rotatable bonds is 7. The molecule has 1 atom stereocenters. The van der Waals surface area contributed by atoms with E-state index in [1.54, 1.807) is 0 Å². The summed E-state index contributed by atoms with van der Waals surface area (Å²) in [6, 6.07) is 0. The monoisotopic (exact) mass is 253 g/mol. The Hall–Kier alpha value is -0.610. The number of hydrogen-bond acceptors (Lipinski definition) is 3. The van der Waals surface area contributed by atoms with Gasteiger partial charge in [-0.15, -0.1) is 0 Å². The van der Waals surface area contributed by atoms with Crippen LogP contribution in [0, 0.1) is 11.8 Å². The molecule has 2 aliphatic rings. The highest BCUT2D eigenvalue weighted by Gasteiger charge is 2.27. The first kappa shape index (κ1) is 13.8. The summed E-state index contributed by atoms with van der Waals surface area (Å²) in [7, 11) is 2.15. The van der Waals surface area contributed by atoms with Crippen LogP contribution in [0.25, 0.3) is 0 Å². The first-order valence-electron chi connectivity index (χ1n) is 7.36. The first-order chi connectivity index (χ1) is 8.69. The van der Waals surface area contributed by atoms with Gasteiger partial charge in [-0.3, -0.25) is 4.79 Å². The lowest BCUT2D eigenvalue weighted by molar-refractivity contribution is -0.129. The fraction of sp³-hybridized carbons (Fsp3) is 0.929. The highest BCUT2D eigenvalue weighted by Crippen LogP contribution is 2.27. The Morgan fingerprint density at radius 2 is 2.11 bits per heavy atom. The predicted molar refractivity (Wildman–Crippen MR) is 73.5 cm³/mol. The number of hydrogen-bond donors (Lipinski definition) is 1. The molecule has 18 heavy (non-hydrogen) atoms. The molecule has 0 aromatic carbocycles. The van der Waals surface area contributed by atoms with Gasteiger partial charge in [-0.1, -0.05) is 6.92 Å². The van der Waals surface area contributed by atoms with Gasteiger partial charge >= 0.3 is 0 Å². The average Bonchev–Trinajstić information content (AvgIpc) is 3.07. The molecule has 2 fully saturated rings. The number of nitrogens with one attached hydrogen (secondary N) is 1. The van der Waals surface area contributed by atoms with Crippen molar-refractivity contribution in [2.24, 2.45) is 11.8 Å². The maximum Gasteiger partial charge on any atom is 0.236 e. The maximum atomic E-state index is 12.0. The fourth-order valence-corrected chi connectivity index (χ4v) is 2.60. The van der Waals surface area contributed by atoms with Gasteiger partial charge in [0.05, 0.1) is 6.54 Å². The Bertz CT molecular complexity index is 278. The number of carbonyl (C=O) groups excluding carboxylic acids is 1. The molecule has 1 amide bonds. The third-order valence-electron chi connectivity index (χ3n) is 4.15. The molecule has 4 heteroatoms. The summed E-state index contributed by atoms with van der Waals surface area (Å²) in [6.07, 6.45) is 3.85. The smallest absolute Gasteiger partial charge is 0.236 e. The van der Waals surface area contributed by atoms with Crippen molar-refractivity contribution in [2.45, 2.75) is 26.2 Å². The Morgan fingerprint density at radius 1 is 1.33 bits per heavy atom. The predicted octanol–water partition coefficient (Wildman–Crippen LogP) is 0.786. The normalized spacial score (nSPS) is 23.9. The van der Waals surface area contributed by atoms with E-state index >= 15 is 0 Å². The van der Waals surface area contributed by atoms with Crippen LogP contribution in [0.4, 0.5) is 0 Å². The van der Waals surface area contributed by atoms with Crippen LogP contribution in [0.3, 0.4) is 0 Å². The topological polar surface area (TPSA) is 35.6 Å². The average molecular weight is 253 g/mol. The molecule has 1 saturated heterocycles. The molecule has 104 valence electrons. The molecule has 4 nitrogen and oxygen atoms in total. The Kier molecular flexibility index (Phi) is 5.01. The Morgan fingerprint density at radius 3 is 2.78 bits per heavy atom. The lowest BCUT2D eigenvalue weighted by atomic mass is 10.1. The van der Waals surface area contributed by atoms with E-state index in [2.05, 4.69) is 24.2 Å². The van der Waals surface area contributed by atoms with Gasteiger partial charge in [0.15, 0.2) is 0 Å². The van der Waals surface area contributed by atoms with Crippen LogP contribution in [0.1, 0.15) is 26.2 Å². The molecule has 1 aliphatic heterocycles. The zero-order valence-electron chi connectivity index (χ0n) is 11.8. The Labute approximate surface area is 111 Å². The minimum absolute atomic E-state index is 0.289. The minimum atomic E-state index is 0.289. The summed E-state index contributed by atoms with van der Waals surface area (Å²) < 4.78 is 0. The van der Waals surface area contributed by atoms with Gasteiger partial charge in [0.25, 0.3) is 0 Å². The van der Waals surface area contributed by atoms with Crippen LogP contribution in [0.2, 0.25) is 0 Å². The highest BCUT2D eigenvalue weighted by molar-refractivity contribution is 5.78. The molecule has 1 unspecified atom stereocenters. The third-order valence-corrected chi connectivity index (χ3v) is 4.15. The summed E-state index contributed by atoms with van der Waals surface area (Å²) in [5.41, 5.74) is 0. The molecule has 1 N–H and O–H groups in total. The SMILES string of the molecule is CCN(C)CC1CCN(C(=O)CNCC2CC2)C1. The largest absolute Gasteiger partial charge is 0.341 e. The van der Waals surface area contributed by atoms with Gasteiger partial charge < -0.3 is 15.1 Å². The summed E-state index contributed by atoms with van der Waals surface area (Å²) in [5.74, 6) is 1.81. The van der Waals surface area contributed by atoms with Crippen LogP contribution in [-0.4, -0.2) is 62.0 Å². The van der Waals surface area contributed by atoms with Gasteiger partial charge in [0, 0.05) is 19.6 Å². The van der Waals surface area contributed by atoms with Crippen molar-refractivity contribution < 1.29 is 4.79 Å². The fourth-order valence-electron chi connectivity index (χ4n) is 2.60. The molecular weight excluding hydrogens is 226 g/mol. The summed E-state index contributed by atoms with van der Waals surface area (Å²) in [4.78, 5) is 16.4. The van der Waals surface area contributed by atoms with Crippen LogP contribution >= 0.6 is 0 Å². The van der Waals surface area contributed by atoms with Gasteiger partial charge in [-0.05, 0) is 51.2 Å². The molecule has 1 heterocycles. The van der Waals surface area contributed by atoms with Crippen LogP contribution in [0.15, 0.2) is 0 Å². The standard InChI is InChI=1S/C14H27N3O/c1-3-16(2)10-13-6-7-17(11-13)14(18)9-15-8-12-4-5-12/h12-13,15H,3-11H2,1-2H3. The van der Waals surface area contributed by atoms with Crippen LogP contribution in [-0.2, 0) is 4.79 Å². The lowest BCUT2D eigenvalue weighted by Crippen LogP contribution is -2.38. The zero-order chi connectivity index (χ0) is 13.0. The van der Waals surface area contributed by atoms with E-state index in [0.29, 0.717) is 12.5 Å². The Balaban J connectivity index is 1.62. The molecule has 0 aromatic heterocycles. The van der Waals surface area contributed by atoms with Crippen LogP contribution in [0.5, 0.6) is 0 Å². The number of likely N-dealkylation sites (tertiary alicyclic amines) is 1. The summed E-state index contributed by atoms with van der Waals surface area (Å²) >= 11 is 0. The molecule has 0 bridgehead atoms. The van der Waals surface area contributed by atoms with E-state index in [0.717, 1.165) is 38.6 Å². The van der Waals surface area contributed by atoms with Crippen molar-refractivity contribution in [1.29, 1.82) is 0 Å². The molecule has 2 rings (SSSR count). The van der Waals surface area contributed by atoms with E-state index < -0.39 is 0 Å². The minimum Gasteiger partial charge on any atom is -0.341 e. The third kappa shape index (κ3) is 4.25. The molecule has 1 aliphatic carbocycles. The van der Waals surface area contributed by atoms with Gasteiger partial charge in [-0.2, -0.15) is 0 Å². The van der Waals surface area contributed by atoms with E-state index in [-0.39, 0.29) is 5.91 Å².